The maximum Gasteiger partial charge on any atom is 0.161 e. The highest BCUT2D eigenvalue weighted by molar-refractivity contribution is 5.42. The number of nitrogens with one attached hydrogen (secondary N) is 1. The molecule has 1 unspecified atom stereocenters. The Bertz CT molecular complexity index is 424. The standard InChI is InChI=1S/C15H24N2O3/c1-16-9-13-11-20-7-6-17(13)10-12-4-5-14(18-2)15(8-12)19-3/h4-5,8,13,16H,6-7,9-11H2,1-3H3. The molecule has 0 amide bonds. The second-order valence-corrected chi connectivity index (χ2v) is 4.95. The summed E-state index contributed by atoms with van der Waals surface area (Å²) in [5.41, 5.74) is 1.23. The summed E-state index contributed by atoms with van der Waals surface area (Å²) in [5.74, 6) is 1.55. The molecule has 1 aromatic carbocycles. The van der Waals surface area contributed by atoms with Crippen LogP contribution >= 0.6 is 0 Å². The number of morpholine rings is 1. The van der Waals surface area contributed by atoms with E-state index in [9.17, 15) is 0 Å². The maximum absolute atomic E-state index is 5.56. The van der Waals surface area contributed by atoms with Gasteiger partial charge in [-0.1, -0.05) is 6.07 Å². The zero-order valence-corrected chi connectivity index (χ0v) is 12.5. The Morgan fingerprint density at radius 2 is 2.10 bits per heavy atom. The lowest BCUT2D eigenvalue weighted by Gasteiger charge is -2.35. The van der Waals surface area contributed by atoms with Gasteiger partial charge in [0, 0.05) is 25.7 Å². The van der Waals surface area contributed by atoms with Gasteiger partial charge in [-0.2, -0.15) is 0 Å². The average molecular weight is 280 g/mol. The molecule has 0 spiro atoms. The van der Waals surface area contributed by atoms with Crippen molar-refractivity contribution < 1.29 is 14.2 Å². The molecule has 1 fully saturated rings. The third kappa shape index (κ3) is 3.62. The Morgan fingerprint density at radius 3 is 2.80 bits per heavy atom. The van der Waals surface area contributed by atoms with Gasteiger partial charge in [-0.25, -0.2) is 0 Å². The molecular weight excluding hydrogens is 256 g/mol. The first-order chi connectivity index (χ1) is 9.78. The van der Waals surface area contributed by atoms with Gasteiger partial charge in [-0.3, -0.25) is 4.90 Å². The molecule has 1 aliphatic heterocycles. The summed E-state index contributed by atoms with van der Waals surface area (Å²) in [7, 11) is 5.30. The third-order valence-electron chi connectivity index (χ3n) is 3.62. The van der Waals surface area contributed by atoms with Crippen LogP contribution in [-0.4, -0.2) is 58.5 Å². The van der Waals surface area contributed by atoms with Crippen LogP contribution in [0, 0.1) is 0 Å². The topological polar surface area (TPSA) is 43.0 Å². The third-order valence-corrected chi connectivity index (χ3v) is 3.62. The van der Waals surface area contributed by atoms with Crippen molar-refractivity contribution in [2.75, 3.05) is 47.6 Å². The minimum atomic E-state index is 0.418. The Balaban J connectivity index is 2.07. The fourth-order valence-corrected chi connectivity index (χ4v) is 2.53. The minimum Gasteiger partial charge on any atom is -0.493 e. The normalized spacial score (nSPS) is 19.9. The van der Waals surface area contributed by atoms with E-state index in [1.54, 1.807) is 14.2 Å². The number of hydrogen-bond acceptors (Lipinski definition) is 5. The fraction of sp³-hybridized carbons (Fsp3) is 0.600. The van der Waals surface area contributed by atoms with Crippen LogP contribution in [0.25, 0.3) is 0 Å². The van der Waals surface area contributed by atoms with Gasteiger partial charge in [0.15, 0.2) is 11.5 Å². The van der Waals surface area contributed by atoms with E-state index in [1.165, 1.54) is 5.56 Å². The van der Waals surface area contributed by atoms with Crippen LogP contribution in [0.2, 0.25) is 0 Å². The average Bonchev–Trinajstić information content (AvgIpc) is 2.49. The SMILES string of the molecule is CNCC1COCCN1Cc1ccc(OC)c(OC)c1. The van der Waals surface area contributed by atoms with Crippen molar-refractivity contribution in [3.8, 4) is 11.5 Å². The van der Waals surface area contributed by atoms with Crippen LogP contribution in [0.4, 0.5) is 0 Å². The molecule has 1 aromatic rings. The summed E-state index contributed by atoms with van der Waals surface area (Å²) in [6, 6.07) is 6.52. The summed E-state index contributed by atoms with van der Waals surface area (Å²) in [5, 5.41) is 3.23. The number of benzene rings is 1. The van der Waals surface area contributed by atoms with E-state index in [0.29, 0.717) is 6.04 Å². The summed E-state index contributed by atoms with van der Waals surface area (Å²) >= 11 is 0. The first kappa shape index (κ1) is 15.1. The number of ether oxygens (including phenoxy) is 3. The highest BCUT2D eigenvalue weighted by Crippen LogP contribution is 2.28. The van der Waals surface area contributed by atoms with Crippen molar-refractivity contribution in [3.63, 3.8) is 0 Å². The molecule has 1 N–H and O–H groups in total. The lowest BCUT2D eigenvalue weighted by molar-refractivity contribution is -0.0103. The molecule has 5 heteroatoms. The molecule has 112 valence electrons. The molecule has 20 heavy (non-hydrogen) atoms. The van der Waals surface area contributed by atoms with Gasteiger partial charge in [0.05, 0.1) is 27.4 Å². The number of hydrogen-bond donors (Lipinski definition) is 1. The largest absolute Gasteiger partial charge is 0.493 e. The van der Waals surface area contributed by atoms with Crippen molar-refractivity contribution in [1.29, 1.82) is 0 Å². The second kappa shape index (κ2) is 7.47. The van der Waals surface area contributed by atoms with Crippen LogP contribution in [0.15, 0.2) is 18.2 Å². The summed E-state index contributed by atoms with van der Waals surface area (Å²) in [4.78, 5) is 2.45. The van der Waals surface area contributed by atoms with E-state index in [2.05, 4.69) is 16.3 Å². The minimum absolute atomic E-state index is 0.418. The monoisotopic (exact) mass is 280 g/mol. The van der Waals surface area contributed by atoms with Crippen molar-refractivity contribution in [2.24, 2.45) is 0 Å². The molecule has 1 aliphatic rings. The quantitative estimate of drug-likeness (QED) is 0.846. The smallest absolute Gasteiger partial charge is 0.161 e. The molecule has 1 atom stereocenters. The van der Waals surface area contributed by atoms with Crippen LogP contribution in [0.3, 0.4) is 0 Å². The van der Waals surface area contributed by atoms with Crippen molar-refractivity contribution in [3.05, 3.63) is 23.8 Å². The first-order valence-electron chi connectivity index (χ1n) is 6.95. The summed E-state index contributed by atoms with van der Waals surface area (Å²) in [6.07, 6.45) is 0. The predicted molar refractivity (Wildman–Crippen MR) is 78.5 cm³/mol. The van der Waals surface area contributed by atoms with Gasteiger partial charge in [-0.05, 0) is 24.7 Å². The van der Waals surface area contributed by atoms with Gasteiger partial charge in [-0.15, -0.1) is 0 Å². The first-order valence-corrected chi connectivity index (χ1v) is 6.95. The zero-order valence-electron chi connectivity index (χ0n) is 12.5. The van der Waals surface area contributed by atoms with Crippen molar-refractivity contribution >= 4 is 0 Å². The highest BCUT2D eigenvalue weighted by Gasteiger charge is 2.22. The van der Waals surface area contributed by atoms with Crippen LogP contribution in [-0.2, 0) is 11.3 Å². The highest BCUT2D eigenvalue weighted by atomic mass is 16.5. The van der Waals surface area contributed by atoms with Gasteiger partial charge in [0.2, 0.25) is 0 Å². The van der Waals surface area contributed by atoms with Gasteiger partial charge in [0.1, 0.15) is 0 Å². The zero-order chi connectivity index (χ0) is 14.4. The molecule has 5 nitrogen and oxygen atoms in total. The maximum atomic E-state index is 5.56. The molecule has 0 aromatic heterocycles. The van der Waals surface area contributed by atoms with Gasteiger partial charge in [0.25, 0.3) is 0 Å². The van der Waals surface area contributed by atoms with E-state index >= 15 is 0 Å². The molecular formula is C15H24N2O3. The molecule has 0 radical (unpaired) electrons. The molecule has 1 saturated heterocycles. The fourth-order valence-electron chi connectivity index (χ4n) is 2.53. The Kier molecular flexibility index (Phi) is 5.64. The molecule has 0 aliphatic carbocycles. The van der Waals surface area contributed by atoms with Crippen LogP contribution in [0.5, 0.6) is 11.5 Å². The second-order valence-electron chi connectivity index (χ2n) is 4.95. The van der Waals surface area contributed by atoms with Gasteiger partial charge < -0.3 is 19.5 Å². The van der Waals surface area contributed by atoms with E-state index in [4.69, 9.17) is 14.2 Å². The van der Waals surface area contributed by atoms with Gasteiger partial charge >= 0.3 is 0 Å². The van der Waals surface area contributed by atoms with Crippen LogP contribution < -0.4 is 14.8 Å². The number of rotatable bonds is 6. The Hall–Kier alpha value is -1.30. The van der Waals surface area contributed by atoms with Crippen molar-refractivity contribution in [2.45, 2.75) is 12.6 Å². The summed E-state index contributed by atoms with van der Waals surface area (Å²) < 4.78 is 16.2. The number of likely N-dealkylation sites (N-methyl/N-ethyl adjacent to an activating group) is 1. The van der Waals surface area contributed by atoms with E-state index in [1.807, 2.05) is 19.2 Å². The van der Waals surface area contributed by atoms with E-state index in [0.717, 1.165) is 44.3 Å². The Labute approximate surface area is 120 Å². The van der Waals surface area contributed by atoms with E-state index < -0.39 is 0 Å². The van der Waals surface area contributed by atoms with Crippen molar-refractivity contribution in [1.82, 2.24) is 10.2 Å². The molecule has 2 rings (SSSR count). The van der Waals surface area contributed by atoms with E-state index in [-0.39, 0.29) is 0 Å². The number of nitrogens with zero attached hydrogens (tertiary/aromatic N) is 1. The molecule has 1 heterocycles. The predicted octanol–water partition coefficient (Wildman–Crippen LogP) is 1.12. The lowest BCUT2D eigenvalue weighted by atomic mass is 10.1. The summed E-state index contributed by atoms with van der Waals surface area (Å²) in [6.45, 7) is 4.38. The molecule has 0 bridgehead atoms. The number of methoxy groups -OCH3 is 2. The lowest BCUT2D eigenvalue weighted by Crippen LogP contribution is -2.49. The molecule has 0 saturated carbocycles. The van der Waals surface area contributed by atoms with Crippen LogP contribution in [0.1, 0.15) is 5.56 Å². The Morgan fingerprint density at radius 1 is 1.30 bits per heavy atom.